The summed E-state index contributed by atoms with van der Waals surface area (Å²) < 4.78 is 5.04. The molecule has 15 heavy (non-hydrogen) atoms. The molecule has 0 aliphatic carbocycles. The molecule has 1 amide bonds. The van der Waals surface area contributed by atoms with E-state index in [4.69, 9.17) is 4.74 Å². The average molecular weight is 213 g/mol. The zero-order chi connectivity index (χ0) is 11.7. The fourth-order valence-corrected chi connectivity index (χ4v) is 0.800. The fraction of sp³-hybridized carbons (Fsp3) is 0.636. The molecule has 0 bridgehead atoms. The number of carbonyl (C=O) groups excluding carboxylic acids is 2. The molecule has 0 aromatic carbocycles. The third kappa shape index (κ3) is 7.88. The lowest BCUT2D eigenvalue weighted by atomic mass is 10.1. The Morgan fingerprint density at radius 3 is 2.53 bits per heavy atom. The van der Waals surface area contributed by atoms with Crippen LogP contribution in [0.15, 0.2) is 12.2 Å². The van der Waals surface area contributed by atoms with E-state index in [0.29, 0.717) is 19.8 Å². The third-order valence-electron chi connectivity index (χ3n) is 1.72. The second kappa shape index (κ2) is 8.17. The van der Waals surface area contributed by atoms with Crippen LogP contribution in [0.4, 0.5) is 0 Å². The van der Waals surface area contributed by atoms with Gasteiger partial charge in [0.05, 0.1) is 6.61 Å². The van der Waals surface area contributed by atoms with Gasteiger partial charge in [-0.15, -0.1) is 0 Å². The molecule has 86 valence electrons. The summed E-state index contributed by atoms with van der Waals surface area (Å²) in [5.41, 5.74) is 0. The molecule has 0 aromatic rings. The van der Waals surface area contributed by atoms with Crippen LogP contribution in [0, 0.1) is 5.92 Å². The molecule has 0 spiro atoms. The van der Waals surface area contributed by atoms with Crippen LogP contribution in [0.25, 0.3) is 0 Å². The second-order valence-electron chi connectivity index (χ2n) is 3.38. The smallest absolute Gasteiger partial charge is 0.244 e. The first-order valence-electron chi connectivity index (χ1n) is 5.15. The van der Waals surface area contributed by atoms with E-state index in [1.165, 1.54) is 12.2 Å². The molecule has 1 N–H and O–H groups in total. The van der Waals surface area contributed by atoms with Crippen LogP contribution in [0.5, 0.6) is 0 Å². The van der Waals surface area contributed by atoms with E-state index in [9.17, 15) is 9.59 Å². The van der Waals surface area contributed by atoms with Crippen molar-refractivity contribution in [1.82, 2.24) is 5.32 Å². The number of nitrogens with one attached hydrogen (secondary N) is 1. The predicted molar refractivity (Wildman–Crippen MR) is 58.5 cm³/mol. The first kappa shape index (κ1) is 13.8. The third-order valence-corrected chi connectivity index (χ3v) is 1.72. The lowest BCUT2D eigenvalue weighted by molar-refractivity contribution is -0.119. The Morgan fingerprint density at radius 2 is 2.00 bits per heavy atom. The largest absolute Gasteiger partial charge is 0.380 e. The number of amides is 1. The van der Waals surface area contributed by atoms with E-state index in [1.807, 2.05) is 6.92 Å². The Bertz CT molecular complexity index is 234. The Morgan fingerprint density at radius 1 is 1.33 bits per heavy atom. The molecule has 0 radical (unpaired) electrons. The Labute approximate surface area is 90.7 Å². The van der Waals surface area contributed by atoms with Gasteiger partial charge in [-0.3, -0.25) is 9.59 Å². The van der Waals surface area contributed by atoms with Gasteiger partial charge in [-0.1, -0.05) is 13.8 Å². The van der Waals surface area contributed by atoms with Gasteiger partial charge in [-0.25, -0.2) is 0 Å². The minimum absolute atomic E-state index is 0.0463. The van der Waals surface area contributed by atoms with Gasteiger partial charge in [-0.05, 0) is 13.0 Å². The molecule has 4 heteroatoms. The van der Waals surface area contributed by atoms with E-state index in [2.05, 4.69) is 5.32 Å². The van der Waals surface area contributed by atoms with E-state index in [0.717, 1.165) is 0 Å². The number of hydrogen-bond donors (Lipinski definition) is 1. The van der Waals surface area contributed by atoms with Gasteiger partial charge in [0.1, 0.15) is 0 Å². The number of ether oxygens (including phenoxy) is 1. The van der Waals surface area contributed by atoms with Crippen molar-refractivity contribution >= 4 is 11.7 Å². The van der Waals surface area contributed by atoms with Gasteiger partial charge < -0.3 is 10.1 Å². The summed E-state index contributed by atoms with van der Waals surface area (Å²) in [6, 6.07) is 0. The lowest BCUT2D eigenvalue weighted by Crippen LogP contribution is -2.25. The van der Waals surface area contributed by atoms with E-state index in [1.54, 1.807) is 13.8 Å². The maximum Gasteiger partial charge on any atom is 0.244 e. The van der Waals surface area contributed by atoms with Crippen LogP contribution in [-0.2, 0) is 14.3 Å². The van der Waals surface area contributed by atoms with Gasteiger partial charge in [0.25, 0.3) is 0 Å². The van der Waals surface area contributed by atoms with Gasteiger partial charge in [0.15, 0.2) is 5.78 Å². The Balaban J connectivity index is 3.69. The van der Waals surface area contributed by atoms with Gasteiger partial charge in [0.2, 0.25) is 5.91 Å². The van der Waals surface area contributed by atoms with Gasteiger partial charge in [-0.2, -0.15) is 0 Å². The van der Waals surface area contributed by atoms with Crippen LogP contribution in [0.2, 0.25) is 0 Å². The van der Waals surface area contributed by atoms with E-state index in [-0.39, 0.29) is 17.6 Å². The summed E-state index contributed by atoms with van der Waals surface area (Å²) in [6.07, 6.45) is 2.56. The summed E-state index contributed by atoms with van der Waals surface area (Å²) in [6.45, 7) is 7.07. The van der Waals surface area contributed by atoms with Crippen molar-refractivity contribution in [3.05, 3.63) is 12.2 Å². The van der Waals surface area contributed by atoms with Crippen molar-refractivity contribution in [1.29, 1.82) is 0 Å². The maximum absolute atomic E-state index is 11.1. The molecule has 0 fully saturated rings. The van der Waals surface area contributed by atoms with Gasteiger partial charge >= 0.3 is 0 Å². The van der Waals surface area contributed by atoms with Crippen LogP contribution >= 0.6 is 0 Å². The molecule has 0 saturated heterocycles. The maximum atomic E-state index is 11.1. The molecule has 0 saturated carbocycles. The van der Waals surface area contributed by atoms with Crippen LogP contribution in [0.3, 0.4) is 0 Å². The molecular weight excluding hydrogens is 194 g/mol. The lowest BCUT2D eigenvalue weighted by Gasteiger charge is -2.02. The number of hydrogen-bond acceptors (Lipinski definition) is 3. The first-order chi connectivity index (χ1) is 7.07. The van der Waals surface area contributed by atoms with E-state index >= 15 is 0 Å². The molecule has 0 aliphatic heterocycles. The molecule has 0 atom stereocenters. The highest BCUT2D eigenvalue weighted by molar-refractivity contribution is 5.98. The quantitative estimate of drug-likeness (QED) is 0.505. The highest BCUT2D eigenvalue weighted by atomic mass is 16.5. The Kier molecular flexibility index (Phi) is 7.54. The molecule has 0 aliphatic rings. The average Bonchev–Trinajstić information content (AvgIpc) is 2.20. The number of carbonyl (C=O) groups is 2. The van der Waals surface area contributed by atoms with Crippen molar-refractivity contribution < 1.29 is 14.3 Å². The minimum atomic E-state index is -0.260. The summed E-state index contributed by atoms with van der Waals surface area (Å²) in [4.78, 5) is 22.3. The summed E-state index contributed by atoms with van der Waals surface area (Å²) >= 11 is 0. The zero-order valence-electron chi connectivity index (χ0n) is 9.58. The van der Waals surface area contributed by atoms with Crippen molar-refractivity contribution in [2.24, 2.45) is 5.92 Å². The zero-order valence-corrected chi connectivity index (χ0v) is 9.58. The molecule has 0 rings (SSSR count). The van der Waals surface area contributed by atoms with E-state index < -0.39 is 0 Å². The first-order valence-corrected chi connectivity index (χ1v) is 5.15. The van der Waals surface area contributed by atoms with Crippen molar-refractivity contribution in [2.75, 3.05) is 19.8 Å². The summed E-state index contributed by atoms with van der Waals surface area (Å²) in [5, 5.41) is 2.61. The number of allylic oxidation sites excluding steroid dienone is 1. The number of ketones is 1. The standard InChI is InChI=1S/C11H19NO3/c1-4-15-8-7-12-11(14)6-5-10(13)9(2)3/h5-6,9H,4,7-8H2,1-3H3,(H,12,14)/b6-5+. The van der Waals surface area contributed by atoms with Gasteiger partial charge in [0, 0.05) is 25.1 Å². The molecule has 0 heterocycles. The molecule has 4 nitrogen and oxygen atoms in total. The van der Waals surface area contributed by atoms with Crippen molar-refractivity contribution in [3.63, 3.8) is 0 Å². The van der Waals surface area contributed by atoms with Crippen molar-refractivity contribution in [2.45, 2.75) is 20.8 Å². The number of rotatable bonds is 7. The Hall–Kier alpha value is -1.16. The fourth-order valence-electron chi connectivity index (χ4n) is 0.800. The molecule has 0 aromatic heterocycles. The normalized spacial score (nSPS) is 10.9. The predicted octanol–water partition coefficient (Wildman–Crippen LogP) is 0.920. The highest BCUT2D eigenvalue weighted by Gasteiger charge is 2.02. The topological polar surface area (TPSA) is 55.4 Å². The van der Waals surface area contributed by atoms with Crippen LogP contribution in [0.1, 0.15) is 20.8 Å². The monoisotopic (exact) mass is 213 g/mol. The van der Waals surface area contributed by atoms with Crippen molar-refractivity contribution in [3.8, 4) is 0 Å². The minimum Gasteiger partial charge on any atom is -0.380 e. The summed E-state index contributed by atoms with van der Waals surface area (Å²) in [7, 11) is 0. The molecule has 0 unspecified atom stereocenters. The van der Waals surface area contributed by atoms with Crippen LogP contribution in [-0.4, -0.2) is 31.4 Å². The summed E-state index contributed by atoms with van der Waals surface area (Å²) in [5.74, 6) is -0.379. The molecular formula is C11H19NO3. The SMILES string of the molecule is CCOCCNC(=O)/C=C/C(=O)C(C)C. The second-order valence-corrected chi connectivity index (χ2v) is 3.38. The van der Waals surface area contributed by atoms with Crippen LogP contribution < -0.4 is 5.32 Å². The highest BCUT2D eigenvalue weighted by Crippen LogP contribution is 1.94.